The van der Waals surface area contributed by atoms with Crippen LogP contribution in [0.2, 0.25) is 0 Å². The molecule has 1 heterocycles. The minimum absolute atomic E-state index is 0.136. The summed E-state index contributed by atoms with van der Waals surface area (Å²) in [6, 6.07) is 10.4. The second kappa shape index (κ2) is 8.04. The van der Waals surface area contributed by atoms with Gasteiger partial charge >= 0.3 is 0 Å². The van der Waals surface area contributed by atoms with E-state index < -0.39 is 12.2 Å². The predicted molar refractivity (Wildman–Crippen MR) is 86.6 cm³/mol. The lowest BCUT2D eigenvalue weighted by Crippen LogP contribution is -2.49. The molecule has 22 heavy (non-hydrogen) atoms. The molecule has 0 aliphatic carbocycles. The van der Waals surface area contributed by atoms with Crippen LogP contribution in [0.5, 0.6) is 0 Å². The van der Waals surface area contributed by atoms with Crippen LogP contribution in [-0.2, 0) is 11.3 Å². The number of benzene rings is 1. The Bertz CT molecular complexity index is 441. The fourth-order valence-corrected chi connectivity index (χ4v) is 3.02. The minimum atomic E-state index is -0.683. The first-order valence-electron chi connectivity index (χ1n) is 7.95. The Morgan fingerprint density at radius 2 is 1.91 bits per heavy atom. The standard InChI is InChI=1S/C17H28N2O3/c1-12(2)18-9-14-16(17(21)15(11-20)22-14)19(3)10-13-7-5-4-6-8-13/h4-8,12,14-18,20-21H,9-11H2,1-3H3/t14-,15-,16+,17+/m0/s1. The SMILES string of the molecule is CC(C)NC[C@@H]1O[C@@H](CO)[C@@H](O)[C@@H]1N(C)Cc1ccccc1. The van der Waals surface area contributed by atoms with Crippen LogP contribution >= 0.6 is 0 Å². The Morgan fingerprint density at radius 1 is 1.23 bits per heavy atom. The maximum absolute atomic E-state index is 10.5. The van der Waals surface area contributed by atoms with Gasteiger partial charge in [0, 0.05) is 19.1 Å². The maximum atomic E-state index is 10.5. The highest BCUT2D eigenvalue weighted by molar-refractivity contribution is 5.15. The van der Waals surface area contributed by atoms with Gasteiger partial charge in [-0.3, -0.25) is 4.90 Å². The van der Waals surface area contributed by atoms with E-state index in [1.807, 2.05) is 25.2 Å². The van der Waals surface area contributed by atoms with E-state index in [-0.39, 0.29) is 18.8 Å². The molecule has 1 aromatic rings. The van der Waals surface area contributed by atoms with Crippen LogP contribution in [0.4, 0.5) is 0 Å². The summed E-state index contributed by atoms with van der Waals surface area (Å²) in [6.07, 6.45) is -1.33. The van der Waals surface area contributed by atoms with Crippen LogP contribution in [0.1, 0.15) is 19.4 Å². The highest BCUT2D eigenvalue weighted by Crippen LogP contribution is 2.26. The zero-order valence-corrected chi connectivity index (χ0v) is 13.6. The molecule has 0 bridgehead atoms. The van der Waals surface area contributed by atoms with Crippen LogP contribution in [0, 0.1) is 0 Å². The van der Waals surface area contributed by atoms with Crippen molar-refractivity contribution in [3.05, 3.63) is 35.9 Å². The number of nitrogens with one attached hydrogen (secondary N) is 1. The lowest BCUT2D eigenvalue weighted by molar-refractivity contribution is -0.0216. The van der Waals surface area contributed by atoms with Crippen molar-refractivity contribution >= 4 is 0 Å². The highest BCUT2D eigenvalue weighted by atomic mass is 16.5. The molecular formula is C17H28N2O3. The molecule has 124 valence electrons. The molecular weight excluding hydrogens is 280 g/mol. The third kappa shape index (κ3) is 4.27. The van der Waals surface area contributed by atoms with Gasteiger partial charge in [-0.2, -0.15) is 0 Å². The highest BCUT2D eigenvalue weighted by Gasteiger charge is 2.45. The Balaban J connectivity index is 2.05. The summed E-state index contributed by atoms with van der Waals surface area (Å²) in [5, 5.41) is 23.2. The summed E-state index contributed by atoms with van der Waals surface area (Å²) >= 11 is 0. The van der Waals surface area contributed by atoms with E-state index in [1.54, 1.807) is 0 Å². The number of aliphatic hydroxyl groups is 2. The van der Waals surface area contributed by atoms with Crippen LogP contribution in [0.3, 0.4) is 0 Å². The second-order valence-electron chi connectivity index (χ2n) is 6.34. The van der Waals surface area contributed by atoms with Gasteiger partial charge in [-0.05, 0) is 12.6 Å². The summed E-state index contributed by atoms with van der Waals surface area (Å²) in [5.41, 5.74) is 1.19. The zero-order chi connectivity index (χ0) is 16.1. The van der Waals surface area contributed by atoms with Crippen molar-refractivity contribution in [2.45, 2.75) is 50.8 Å². The molecule has 1 aromatic carbocycles. The van der Waals surface area contributed by atoms with E-state index in [4.69, 9.17) is 4.74 Å². The summed E-state index contributed by atoms with van der Waals surface area (Å²) in [5.74, 6) is 0. The monoisotopic (exact) mass is 308 g/mol. The summed E-state index contributed by atoms with van der Waals surface area (Å²) in [6.45, 7) is 5.40. The number of ether oxygens (including phenoxy) is 1. The van der Waals surface area contributed by atoms with Crippen LogP contribution < -0.4 is 5.32 Å². The lowest BCUT2D eigenvalue weighted by Gasteiger charge is -2.31. The smallest absolute Gasteiger partial charge is 0.109 e. The Morgan fingerprint density at radius 3 is 2.50 bits per heavy atom. The van der Waals surface area contributed by atoms with Gasteiger partial charge in [-0.15, -0.1) is 0 Å². The summed E-state index contributed by atoms with van der Waals surface area (Å²) in [4.78, 5) is 2.11. The average molecular weight is 308 g/mol. The fourth-order valence-electron chi connectivity index (χ4n) is 3.02. The molecule has 3 N–H and O–H groups in total. The topological polar surface area (TPSA) is 65.0 Å². The van der Waals surface area contributed by atoms with Gasteiger partial charge in [0.05, 0.1) is 18.8 Å². The molecule has 0 spiro atoms. The van der Waals surface area contributed by atoms with Gasteiger partial charge in [-0.1, -0.05) is 44.2 Å². The largest absolute Gasteiger partial charge is 0.394 e. The summed E-state index contributed by atoms with van der Waals surface area (Å²) < 4.78 is 5.84. The van der Waals surface area contributed by atoms with E-state index in [0.717, 1.165) is 6.54 Å². The summed E-state index contributed by atoms with van der Waals surface area (Å²) in [7, 11) is 1.99. The van der Waals surface area contributed by atoms with Gasteiger partial charge in [0.15, 0.2) is 0 Å². The van der Waals surface area contributed by atoms with Crippen molar-refractivity contribution in [1.82, 2.24) is 10.2 Å². The molecule has 0 saturated carbocycles. The van der Waals surface area contributed by atoms with Crippen molar-refractivity contribution in [2.24, 2.45) is 0 Å². The molecule has 1 aliphatic heterocycles. The molecule has 0 amide bonds. The number of likely N-dealkylation sites (N-methyl/N-ethyl adjacent to an activating group) is 1. The van der Waals surface area contributed by atoms with Gasteiger partial charge in [0.2, 0.25) is 0 Å². The first-order chi connectivity index (χ1) is 10.5. The quantitative estimate of drug-likeness (QED) is 0.689. The average Bonchev–Trinajstić information content (AvgIpc) is 2.82. The predicted octanol–water partition coefficient (Wildman–Crippen LogP) is 0.606. The second-order valence-corrected chi connectivity index (χ2v) is 6.34. The fraction of sp³-hybridized carbons (Fsp3) is 0.647. The first kappa shape index (κ1) is 17.4. The molecule has 1 saturated heterocycles. The Labute approximate surface area is 132 Å². The third-order valence-corrected chi connectivity index (χ3v) is 4.15. The third-order valence-electron chi connectivity index (χ3n) is 4.15. The maximum Gasteiger partial charge on any atom is 0.109 e. The molecule has 0 radical (unpaired) electrons. The van der Waals surface area contributed by atoms with Crippen LogP contribution in [-0.4, -0.2) is 65.7 Å². The van der Waals surface area contributed by atoms with E-state index in [1.165, 1.54) is 5.56 Å². The van der Waals surface area contributed by atoms with Crippen molar-refractivity contribution in [2.75, 3.05) is 20.2 Å². The number of hydrogen-bond acceptors (Lipinski definition) is 5. The molecule has 1 aliphatic rings. The molecule has 0 aromatic heterocycles. The van der Waals surface area contributed by atoms with Gasteiger partial charge < -0.3 is 20.3 Å². The van der Waals surface area contributed by atoms with Crippen LogP contribution in [0.15, 0.2) is 30.3 Å². The van der Waals surface area contributed by atoms with Crippen molar-refractivity contribution in [1.29, 1.82) is 0 Å². The molecule has 0 unspecified atom stereocenters. The Hall–Kier alpha value is -0.980. The Kier molecular flexibility index (Phi) is 6.35. The van der Waals surface area contributed by atoms with Crippen molar-refractivity contribution in [3.63, 3.8) is 0 Å². The van der Waals surface area contributed by atoms with Crippen molar-refractivity contribution in [3.8, 4) is 0 Å². The molecule has 5 nitrogen and oxygen atoms in total. The minimum Gasteiger partial charge on any atom is -0.394 e. The number of aliphatic hydroxyl groups excluding tert-OH is 2. The van der Waals surface area contributed by atoms with E-state index in [0.29, 0.717) is 12.6 Å². The van der Waals surface area contributed by atoms with E-state index in [9.17, 15) is 10.2 Å². The van der Waals surface area contributed by atoms with E-state index >= 15 is 0 Å². The zero-order valence-electron chi connectivity index (χ0n) is 13.6. The van der Waals surface area contributed by atoms with Crippen LogP contribution in [0.25, 0.3) is 0 Å². The van der Waals surface area contributed by atoms with E-state index in [2.05, 4.69) is 36.2 Å². The first-order valence-corrected chi connectivity index (χ1v) is 7.95. The normalized spacial score (nSPS) is 28.7. The van der Waals surface area contributed by atoms with Gasteiger partial charge in [0.1, 0.15) is 12.2 Å². The van der Waals surface area contributed by atoms with Gasteiger partial charge in [0.25, 0.3) is 0 Å². The lowest BCUT2D eigenvalue weighted by atomic mass is 10.0. The number of rotatable bonds is 7. The molecule has 4 atom stereocenters. The van der Waals surface area contributed by atoms with Crippen molar-refractivity contribution < 1.29 is 14.9 Å². The molecule has 1 fully saturated rings. The number of nitrogens with zero attached hydrogens (tertiary/aromatic N) is 1. The molecule has 5 heteroatoms. The number of hydrogen-bond donors (Lipinski definition) is 3. The van der Waals surface area contributed by atoms with Gasteiger partial charge in [-0.25, -0.2) is 0 Å². The molecule has 2 rings (SSSR count).